The summed E-state index contributed by atoms with van der Waals surface area (Å²) in [4.78, 5) is 34.5. The molecule has 1 aliphatic rings. The number of carboxylic acids is 1. The zero-order valence-corrected chi connectivity index (χ0v) is 16.7. The molecule has 5 nitrogen and oxygen atoms in total. The number of carbonyl (C=O) groups is 3. The number of unbranched alkanes of at least 4 members (excludes halogenated alkanes) is 1. The lowest BCUT2D eigenvalue weighted by atomic mass is 9.86. The van der Waals surface area contributed by atoms with Crippen LogP contribution in [0.15, 0.2) is 12.2 Å². The lowest BCUT2D eigenvalue weighted by Crippen LogP contribution is -2.30. The summed E-state index contributed by atoms with van der Waals surface area (Å²) >= 11 is 0. The first-order valence-electron chi connectivity index (χ1n) is 10.0. The Bertz CT molecular complexity index is 571. The lowest BCUT2D eigenvalue weighted by Gasteiger charge is -2.21. The van der Waals surface area contributed by atoms with Gasteiger partial charge < -0.3 is 10.2 Å². The molecule has 0 spiro atoms. The van der Waals surface area contributed by atoms with Crippen molar-refractivity contribution < 1.29 is 33.4 Å². The summed E-state index contributed by atoms with van der Waals surface area (Å²) in [6.45, 7) is 3.64. The van der Waals surface area contributed by atoms with E-state index in [2.05, 4.69) is 0 Å². The van der Waals surface area contributed by atoms with Crippen molar-refractivity contribution in [2.24, 2.45) is 17.8 Å². The van der Waals surface area contributed by atoms with E-state index in [1.54, 1.807) is 12.2 Å². The molecule has 3 atom stereocenters. The summed E-state index contributed by atoms with van der Waals surface area (Å²) in [5.41, 5.74) is 0. The molecule has 0 aromatic heterocycles. The molecule has 1 saturated carbocycles. The highest BCUT2D eigenvalue weighted by atomic mass is 19.3. The number of carboxylic acid groups (broad SMARTS) is 1. The van der Waals surface area contributed by atoms with Crippen molar-refractivity contribution in [3.63, 3.8) is 0 Å². The first-order valence-corrected chi connectivity index (χ1v) is 10.0. The topological polar surface area (TPSA) is 91.7 Å². The van der Waals surface area contributed by atoms with Gasteiger partial charge in [0.2, 0.25) is 5.78 Å². The molecule has 0 radical (unpaired) electrons. The van der Waals surface area contributed by atoms with Crippen molar-refractivity contribution in [2.75, 3.05) is 0 Å². The third-order valence-corrected chi connectivity index (χ3v) is 5.30. The zero-order valence-electron chi connectivity index (χ0n) is 16.7. The smallest absolute Gasteiger partial charge is 0.305 e. The Morgan fingerprint density at radius 2 is 1.93 bits per heavy atom. The van der Waals surface area contributed by atoms with Crippen LogP contribution in [0.3, 0.4) is 0 Å². The number of rotatable bonds is 13. The zero-order chi connectivity index (χ0) is 21.3. The van der Waals surface area contributed by atoms with E-state index in [9.17, 15) is 28.3 Å². The number of Topliss-reactive ketones (excluding diaryl/α,β-unsaturated/α-hetero) is 2. The molecule has 7 heteroatoms. The van der Waals surface area contributed by atoms with Crippen LogP contribution in [0.4, 0.5) is 8.78 Å². The standard InChI is InChI=1S/C21H32F2O5/c1-14(2)11-12-21(22,23)19(26)10-9-16-15(17(24)13-18(16)25)7-5-3-4-6-8-20(27)28/h3,5,14-16,18,25H,4,6-13H2,1-2H3,(H,27,28)/b5-3+/t15-,16-,18-/m1/s1. The predicted molar refractivity (Wildman–Crippen MR) is 101 cm³/mol. The molecule has 160 valence electrons. The molecule has 0 saturated heterocycles. The number of aliphatic carboxylic acids is 1. The first-order chi connectivity index (χ1) is 13.0. The highest BCUT2D eigenvalue weighted by molar-refractivity contribution is 5.86. The highest BCUT2D eigenvalue weighted by Gasteiger charge is 2.43. The van der Waals surface area contributed by atoms with Crippen molar-refractivity contribution >= 4 is 17.5 Å². The Kier molecular flexibility index (Phi) is 9.93. The maximum absolute atomic E-state index is 14.0. The van der Waals surface area contributed by atoms with Crippen molar-refractivity contribution in [3.05, 3.63) is 12.2 Å². The monoisotopic (exact) mass is 402 g/mol. The highest BCUT2D eigenvalue weighted by Crippen LogP contribution is 2.36. The number of ketones is 2. The van der Waals surface area contributed by atoms with Crippen molar-refractivity contribution in [1.82, 2.24) is 0 Å². The van der Waals surface area contributed by atoms with Gasteiger partial charge in [-0.2, -0.15) is 8.78 Å². The minimum Gasteiger partial charge on any atom is -0.481 e. The molecule has 0 aromatic rings. The summed E-state index contributed by atoms with van der Waals surface area (Å²) in [7, 11) is 0. The van der Waals surface area contributed by atoms with Gasteiger partial charge in [0.15, 0.2) is 0 Å². The number of hydrogen-bond acceptors (Lipinski definition) is 4. The molecular weight excluding hydrogens is 370 g/mol. The molecule has 0 bridgehead atoms. The van der Waals surface area contributed by atoms with E-state index in [-0.39, 0.29) is 43.8 Å². The molecule has 0 aliphatic heterocycles. The molecule has 0 aromatic carbocycles. The van der Waals surface area contributed by atoms with E-state index in [4.69, 9.17) is 5.11 Å². The number of allylic oxidation sites excluding steroid dienone is 2. The third-order valence-electron chi connectivity index (χ3n) is 5.30. The van der Waals surface area contributed by atoms with Gasteiger partial charge in [-0.15, -0.1) is 0 Å². The first kappa shape index (κ1) is 24.4. The van der Waals surface area contributed by atoms with Crippen LogP contribution < -0.4 is 0 Å². The Morgan fingerprint density at radius 1 is 1.25 bits per heavy atom. The van der Waals surface area contributed by atoms with Crippen molar-refractivity contribution in [2.45, 2.75) is 83.7 Å². The second-order valence-corrected chi connectivity index (χ2v) is 8.10. The molecule has 1 rings (SSSR count). The summed E-state index contributed by atoms with van der Waals surface area (Å²) in [6.07, 6.45) is 3.66. The molecule has 0 amide bonds. The number of aliphatic hydroxyl groups is 1. The van der Waals surface area contributed by atoms with Gasteiger partial charge in [0.1, 0.15) is 5.78 Å². The molecule has 0 heterocycles. The number of hydrogen-bond donors (Lipinski definition) is 2. The third kappa shape index (κ3) is 8.17. The van der Waals surface area contributed by atoms with Crippen LogP contribution in [0.1, 0.15) is 71.6 Å². The molecule has 2 N–H and O–H groups in total. The van der Waals surface area contributed by atoms with Crippen LogP contribution in [-0.4, -0.2) is 39.8 Å². The van der Waals surface area contributed by atoms with Gasteiger partial charge in [0.25, 0.3) is 0 Å². The SMILES string of the molecule is CC(C)CCC(F)(F)C(=O)CC[C@H]1[C@H](O)CC(=O)[C@@H]1C/C=C/CCCC(=O)O. The normalized spacial score (nSPS) is 23.1. The molecular formula is C21H32F2O5. The van der Waals surface area contributed by atoms with Crippen LogP contribution >= 0.6 is 0 Å². The van der Waals surface area contributed by atoms with Crippen LogP contribution in [0, 0.1) is 17.8 Å². The fourth-order valence-corrected chi connectivity index (χ4v) is 3.54. The number of aliphatic hydroxyl groups excluding tert-OH is 1. The van der Waals surface area contributed by atoms with Crippen LogP contribution in [-0.2, 0) is 14.4 Å². The lowest BCUT2D eigenvalue weighted by molar-refractivity contribution is -0.145. The number of carbonyl (C=O) groups excluding carboxylic acids is 2. The fraction of sp³-hybridized carbons (Fsp3) is 0.762. The summed E-state index contributed by atoms with van der Waals surface area (Å²) < 4.78 is 27.9. The fourth-order valence-electron chi connectivity index (χ4n) is 3.54. The summed E-state index contributed by atoms with van der Waals surface area (Å²) in [6, 6.07) is 0. The second kappa shape index (κ2) is 11.4. The maximum Gasteiger partial charge on any atom is 0.305 e. The van der Waals surface area contributed by atoms with E-state index in [0.29, 0.717) is 19.3 Å². The van der Waals surface area contributed by atoms with Crippen molar-refractivity contribution in [3.8, 4) is 0 Å². The van der Waals surface area contributed by atoms with E-state index < -0.39 is 42.0 Å². The van der Waals surface area contributed by atoms with Gasteiger partial charge in [0.05, 0.1) is 6.10 Å². The molecule has 1 aliphatic carbocycles. The largest absolute Gasteiger partial charge is 0.481 e. The van der Waals surface area contributed by atoms with E-state index in [1.165, 1.54) is 0 Å². The number of alkyl halides is 2. The van der Waals surface area contributed by atoms with Gasteiger partial charge in [-0.3, -0.25) is 14.4 Å². The van der Waals surface area contributed by atoms with Crippen LogP contribution in [0.5, 0.6) is 0 Å². The Morgan fingerprint density at radius 3 is 2.54 bits per heavy atom. The van der Waals surface area contributed by atoms with Gasteiger partial charge >= 0.3 is 11.9 Å². The molecule has 0 unspecified atom stereocenters. The molecule has 1 fully saturated rings. The predicted octanol–water partition coefficient (Wildman–Crippen LogP) is 4.17. The summed E-state index contributed by atoms with van der Waals surface area (Å²) in [5, 5.41) is 18.7. The van der Waals surface area contributed by atoms with E-state index in [0.717, 1.165) is 0 Å². The Labute approximate surface area is 165 Å². The number of halogens is 2. The second-order valence-electron chi connectivity index (χ2n) is 8.10. The summed E-state index contributed by atoms with van der Waals surface area (Å²) in [5.74, 6) is -6.37. The van der Waals surface area contributed by atoms with Gasteiger partial charge in [0, 0.05) is 31.6 Å². The minimum absolute atomic E-state index is 0.0138. The van der Waals surface area contributed by atoms with Crippen LogP contribution in [0.25, 0.3) is 0 Å². The average molecular weight is 402 g/mol. The van der Waals surface area contributed by atoms with E-state index in [1.807, 2.05) is 13.8 Å². The van der Waals surface area contributed by atoms with Crippen LogP contribution in [0.2, 0.25) is 0 Å². The average Bonchev–Trinajstić information content (AvgIpc) is 2.86. The van der Waals surface area contributed by atoms with Gasteiger partial charge in [-0.05, 0) is 43.9 Å². The Balaban J connectivity index is 2.54. The quantitative estimate of drug-likeness (QED) is 0.356. The van der Waals surface area contributed by atoms with Gasteiger partial charge in [-0.25, -0.2) is 0 Å². The minimum atomic E-state index is -3.36. The van der Waals surface area contributed by atoms with Crippen molar-refractivity contribution in [1.29, 1.82) is 0 Å². The maximum atomic E-state index is 14.0. The molecule has 28 heavy (non-hydrogen) atoms. The van der Waals surface area contributed by atoms with E-state index >= 15 is 0 Å². The van der Waals surface area contributed by atoms with Gasteiger partial charge in [-0.1, -0.05) is 26.0 Å². The Hall–Kier alpha value is -1.63.